The van der Waals surface area contributed by atoms with Gasteiger partial charge in [0.05, 0.1) is 11.8 Å². The maximum absolute atomic E-state index is 5.85. The van der Waals surface area contributed by atoms with E-state index in [2.05, 4.69) is 55.5 Å². The van der Waals surface area contributed by atoms with Gasteiger partial charge in [-0.25, -0.2) is 0 Å². The zero-order valence-corrected chi connectivity index (χ0v) is 14.3. The van der Waals surface area contributed by atoms with Gasteiger partial charge in [-0.3, -0.25) is 9.58 Å². The Morgan fingerprint density at radius 2 is 2.24 bits per heavy atom. The molecule has 4 nitrogen and oxygen atoms in total. The van der Waals surface area contributed by atoms with Gasteiger partial charge in [0.25, 0.3) is 0 Å². The van der Waals surface area contributed by atoms with Gasteiger partial charge in [0.1, 0.15) is 0 Å². The molecule has 1 fully saturated rings. The van der Waals surface area contributed by atoms with Gasteiger partial charge in [0, 0.05) is 37.5 Å². The van der Waals surface area contributed by atoms with Crippen LogP contribution in [0.15, 0.2) is 12.4 Å². The molecule has 1 aliphatic rings. The van der Waals surface area contributed by atoms with Crippen molar-refractivity contribution >= 4 is 0 Å². The van der Waals surface area contributed by atoms with Crippen LogP contribution in [0.3, 0.4) is 0 Å². The van der Waals surface area contributed by atoms with Crippen molar-refractivity contribution < 1.29 is 4.74 Å². The zero-order chi connectivity index (χ0) is 15.5. The first-order valence-corrected chi connectivity index (χ1v) is 8.29. The molecule has 120 valence electrons. The fraction of sp³-hybridized carbons (Fsp3) is 0.824. The third kappa shape index (κ3) is 4.82. The normalized spacial score (nSPS) is 22.1. The quantitative estimate of drug-likeness (QED) is 0.806. The fourth-order valence-corrected chi connectivity index (χ4v) is 3.21. The highest BCUT2D eigenvalue weighted by atomic mass is 16.5. The summed E-state index contributed by atoms with van der Waals surface area (Å²) in [6.07, 6.45) is 6.47. The largest absolute Gasteiger partial charge is 0.375 e. The van der Waals surface area contributed by atoms with E-state index >= 15 is 0 Å². The second kappa shape index (κ2) is 6.93. The lowest BCUT2D eigenvalue weighted by Crippen LogP contribution is -2.45. The molecule has 2 rings (SSSR count). The van der Waals surface area contributed by atoms with Gasteiger partial charge < -0.3 is 4.74 Å². The number of hydrogen-bond donors (Lipinski definition) is 0. The molecule has 0 aromatic carbocycles. The lowest BCUT2D eigenvalue weighted by atomic mass is 9.92. The first-order valence-electron chi connectivity index (χ1n) is 8.29. The molecule has 1 aliphatic heterocycles. The Bertz CT molecular complexity index is 439. The van der Waals surface area contributed by atoms with E-state index in [-0.39, 0.29) is 5.60 Å². The van der Waals surface area contributed by atoms with Gasteiger partial charge >= 0.3 is 0 Å². The van der Waals surface area contributed by atoms with E-state index in [0.29, 0.717) is 12.0 Å². The van der Waals surface area contributed by atoms with Gasteiger partial charge in [-0.15, -0.1) is 0 Å². The molecule has 2 heterocycles. The number of rotatable bonds is 6. The predicted octanol–water partition coefficient (Wildman–Crippen LogP) is 3.32. The van der Waals surface area contributed by atoms with E-state index in [9.17, 15) is 0 Å². The fourth-order valence-electron chi connectivity index (χ4n) is 3.21. The first-order chi connectivity index (χ1) is 9.89. The summed E-state index contributed by atoms with van der Waals surface area (Å²) < 4.78 is 7.92. The van der Waals surface area contributed by atoms with Crippen molar-refractivity contribution in [3.05, 3.63) is 18.0 Å². The lowest BCUT2D eigenvalue weighted by Gasteiger charge is -2.40. The van der Waals surface area contributed by atoms with Gasteiger partial charge in [-0.2, -0.15) is 5.10 Å². The number of nitrogens with zero attached hydrogens (tertiary/aromatic N) is 3. The molecule has 1 atom stereocenters. The van der Waals surface area contributed by atoms with Crippen LogP contribution < -0.4 is 0 Å². The predicted molar refractivity (Wildman–Crippen MR) is 86.2 cm³/mol. The summed E-state index contributed by atoms with van der Waals surface area (Å²) in [5, 5.41) is 4.48. The van der Waals surface area contributed by atoms with E-state index in [4.69, 9.17) is 4.74 Å². The Labute approximate surface area is 129 Å². The van der Waals surface area contributed by atoms with Crippen LogP contribution in [-0.4, -0.2) is 39.5 Å². The summed E-state index contributed by atoms with van der Waals surface area (Å²) >= 11 is 0. The van der Waals surface area contributed by atoms with Crippen LogP contribution in [0.25, 0.3) is 0 Å². The molecule has 0 N–H and O–H groups in total. The Balaban J connectivity index is 1.97. The second-order valence-corrected chi connectivity index (χ2v) is 7.28. The summed E-state index contributed by atoms with van der Waals surface area (Å²) in [5.41, 5.74) is 1.33. The van der Waals surface area contributed by atoms with E-state index in [1.165, 1.54) is 5.56 Å². The third-order valence-corrected chi connectivity index (χ3v) is 4.22. The summed E-state index contributed by atoms with van der Waals surface area (Å²) in [4.78, 5) is 2.57. The third-order valence-electron chi connectivity index (χ3n) is 4.22. The highest BCUT2D eigenvalue weighted by molar-refractivity contribution is 5.04. The van der Waals surface area contributed by atoms with Gasteiger partial charge in [-0.1, -0.05) is 20.8 Å². The van der Waals surface area contributed by atoms with Gasteiger partial charge in [-0.05, 0) is 39.2 Å². The van der Waals surface area contributed by atoms with E-state index in [0.717, 1.165) is 39.1 Å². The second-order valence-electron chi connectivity index (χ2n) is 7.28. The monoisotopic (exact) mass is 293 g/mol. The van der Waals surface area contributed by atoms with Crippen molar-refractivity contribution in [3.63, 3.8) is 0 Å². The summed E-state index contributed by atoms with van der Waals surface area (Å²) in [7, 11) is 0. The number of hydrogen-bond acceptors (Lipinski definition) is 3. The first kappa shape index (κ1) is 16.5. The maximum Gasteiger partial charge on any atom is 0.0641 e. The molecule has 1 aromatic rings. The Kier molecular flexibility index (Phi) is 5.44. The molecule has 0 spiro atoms. The molecule has 0 amide bonds. The summed E-state index contributed by atoms with van der Waals surface area (Å²) in [5.74, 6) is 0.635. The van der Waals surface area contributed by atoms with E-state index in [1.807, 2.05) is 6.20 Å². The Morgan fingerprint density at radius 1 is 1.48 bits per heavy atom. The summed E-state index contributed by atoms with van der Waals surface area (Å²) in [6.45, 7) is 15.1. The van der Waals surface area contributed by atoms with Crippen molar-refractivity contribution in [1.29, 1.82) is 0 Å². The Morgan fingerprint density at radius 3 is 2.86 bits per heavy atom. The van der Waals surface area contributed by atoms with Crippen LogP contribution in [0, 0.1) is 5.92 Å². The molecule has 0 saturated carbocycles. The van der Waals surface area contributed by atoms with E-state index < -0.39 is 0 Å². The maximum atomic E-state index is 5.85. The SMILES string of the molecule is CCN(Cc1cnn(CC(C)C)c1)C1CCOC(C)(C)C1. The highest BCUT2D eigenvalue weighted by Crippen LogP contribution is 2.28. The van der Waals surface area contributed by atoms with Crippen molar-refractivity contribution in [2.45, 2.75) is 72.2 Å². The minimum atomic E-state index is 0.0121. The highest BCUT2D eigenvalue weighted by Gasteiger charge is 2.31. The minimum Gasteiger partial charge on any atom is -0.375 e. The van der Waals surface area contributed by atoms with Crippen molar-refractivity contribution in [3.8, 4) is 0 Å². The van der Waals surface area contributed by atoms with Crippen LogP contribution in [0.2, 0.25) is 0 Å². The van der Waals surface area contributed by atoms with Gasteiger partial charge in [0.15, 0.2) is 0 Å². The van der Waals surface area contributed by atoms with Crippen LogP contribution in [0.1, 0.15) is 53.0 Å². The summed E-state index contributed by atoms with van der Waals surface area (Å²) in [6, 6.07) is 0.618. The van der Waals surface area contributed by atoms with Crippen LogP contribution in [-0.2, 0) is 17.8 Å². The average Bonchev–Trinajstić information content (AvgIpc) is 2.81. The topological polar surface area (TPSA) is 30.3 Å². The average molecular weight is 293 g/mol. The lowest BCUT2D eigenvalue weighted by molar-refractivity contribution is -0.0838. The smallest absolute Gasteiger partial charge is 0.0641 e. The van der Waals surface area contributed by atoms with Crippen molar-refractivity contribution in [2.24, 2.45) is 5.92 Å². The molecule has 1 unspecified atom stereocenters. The number of ether oxygens (including phenoxy) is 1. The minimum absolute atomic E-state index is 0.0121. The van der Waals surface area contributed by atoms with Crippen LogP contribution in [0.5, 0.6) is 0 Å². The molecule has 0 bridgehead atoms. The molecular formula is C17H31N3O. The van der Waals surface area contributed by atoms with Gasteiger partial charge in [0.2, 0.25) is 0 Å². The standard InChI is InChI=1S/C17H31N3O/c1-6-19(16-7-8-21-17(4,5)9-16)12-15-10-18-20(13-15)11-14(2)3/h10,13-14,16H,6-9,11-12H2,1-5H3. The molecule has 1 saturated heterocycles. The molecule has 0 aliphatic carbocycles. The van der Waals surface area contributed by atoms with E-state index in [1.54, 1.807) is 0 Å². The molecule has 21 heavy (non-hydrogen) atoms. The molecule has 4 heteroatoms. The van der Waals surface area contributed by atoms with Crippen molar-refractivity contribution in [2.75, 3.05) is 13.2 Å². The van der Waals surface area contributed by atoms with Crippen LogP contribution in [0.4, 0.5) is 0 Å². The molecule has 0 radical (unpaired) electrons. The van der Waals surface area contributed by atoms with Crippen LogP contribution >= 0.6 is 0 Å². The Hall–Kier alpha value is -0.870. The number of aromatic nitrogens is 2. The zero-order valence-electron chi connectivity index (χ0n) is 14.3. The van der Waals surface area contributed by atoms with Crippen molar-refractivity contribution in [1.82, 2.24) is 14.7 Å². The molecule has 1 aromatic heterocycles. The molecular weight excluding hydrogens is 262 g/mol.